The molecule has 1 aromatic rings. The first-order valence-corrected chi connectivity index (χ1v) is 3.92. The number of nitrogens with zero attached hydrogens (tertiary/aromatic N) is 2. The van der Waals surface area contributed by atoms with Crippen LogP contribution in [0.2, 0.25) is 0 Å². The first-order valence-electron chi connectivity index (χ1n) is 3.92. The van der Waals surface area contributed by atoms with E-state index >= 15 is 0 Å². The van der Waals surface area contributed by atoms with Crippen LogP contribution in [0.25, 0.3) is 0 Å². The molecule has 0 bridgehead atoms. The van der Waals surface area contributed by atoms with E-state index in [2.05, 4.69) is 5.22 Å². The summed E-state index contributed by atoms with van der Waals surface area (Å²) < 4.78 is 0. The third-order valence-corrected chi connectivity index (χ3v) is 1.77. The monoisotopic (exact) mass is 176 g/mol. The average Bonchev–Trinajstić information content (AvgIpc) is 2.15. The van der Waals surface area contributed by atoms with Gasteiger partial charge in [-0.3, -0.25) is 5.41 Å². The van der Waals surface area contributed by atoms with Gasteiger partial charge in [0.2, 0.25) is 0 Å². The Balaban J connectivity index is 2.95. The maximum Gasteiger partial charge on any atom is 0.149 e. The Hall–Kier alpha value is -1.71. The molecule has 0 spiro atoms. The van der Waals surface area contributed by atoms with Crippen molar-refractivity contribution in [3.8, 4) is 0 Å². The second kappa shape index (κ2) is 3.80. The van der Waals surface area contributed by atoms with Gasteiger partial charge < -0.3 is 0 Å². The number of aryl methyl sites for hydroxylation is 1. The molecule has 0 unspecified atom stereocenters. The summed E-state index contributed by atoms with van der Waals surface area (Å²) in [5.74, 6) is 0.235. The standard InChI is InChI=1S/C9H12N4/c1-7-4-3-5-8(6-7)9(10)13(2)12-11/h3-6,10-11H,1-2H3. The molecule has 1 aromatic carbocycles. The van der Waals surface area contributed by atoms with Gasteiger partial charge in [0.05, 0.1) is 0 Å². The number of nitrogens with one attached hydrogen (secondary N) is 2. The van der Waals surface area contributed by atoms with E-state index in [1.165, 1.54) is 5.01 Å². The lowest BCUT2D eigenvalue weighted by molar-refractivity contribution is 0.486. The Labute approximate surface area is 77.2 Å². The molecule has 2 N–H and O–H groups in total. The fourth-order valence-corrected chi connectivity index (χ4v) is 1.03. The van der Waals surface area contributed by atoms with Crippen molar-refractivity contribution < 1.29 is 0 Å². The molecule has 0 aliphatic heterocycles. The van der Waals surface area contributed by atoms with E-state index in [4.69, 9.17) is 10.9 Å². The van der Waals surface area contributed by atoms with E-state index in [1.54, 1.807) is 7.05 Å². The molecule has 0 aliphatic rings. The molecular weight excluding hydrogens is 164 g/mol. The van der Waals surface area contributed by atoms with Crippen molar-refractivity contribution in [1.29, 1.82) is 10.9 Å². The van der Waals surface area contributed by atoms with Crippen LogP contribution in [0.1, 0.15) is 11.1 Å². The fraction of sp³-hybridized carbons (Fsp3) is 0.222. The van der Waals surface area contributed by atoms with Gasteiger partial charge in [-0.15, -0.1) is 0 Å². The number of amidine groups is 1. The van der Waals surface area contributed by atoms with Crippen LogP contribution in [0.3, 0.4) is 0 Å². The van der Waals surface area contributed by atoms with Crippen molar-refractivity contribution in [2.24, 2.45) is 5.22 Å². The molecule has 0 fully saturated rings. The molecule has 0 saturated heterocycles. The second-order valence-corrected chi connectivity index (χ2v) is 2.84. The lowest BCUT2D eigenvalue weighted by Gasteiger charge is -2.11. The van der Waals surface area contributed by atoms with E-state index in [1.807, 2.05) is 31.2 Å². The molecule has 0 aliphatic carbocycles. The topological polar surface area (TPSA) is 63.3 Å². The Morgan fingerprint density at radius 3 is 2.69 bits per heavy atom. The van der Waals surface area contributed by atoms with E-state index < -0.39 is 0 Å². The summed E-state index contributed by atoms with van der Waals surface area (Å²) >= 11 is 0. The zero-order chi connectivity index (χ0) is 9.84. The predicted octanol–water partition coefficient (Wildman–Crippen LogP) is 2.20. The minimum atomic E-state index is 0.235. The summed E-state index contributed by atoms with van der Waals surface area (Å²) in [5, 5.41) is 12.0. The van der Waals surface area contributed by atoms with Crippen molar-refractivity contribution in [1.82, 2.24) is 5.01 Å². The first kappa shape index (κ1) is 9.38. The van der Waals surface area contributed by atoms with Crippen LogP contribution in [0.5, 0.6) is 0 Å². The zero-order valence-electron chi connectivity index (χ0n) is 7.70. The fourth-order valence-electron chi connectivity index (χ4n) is 1.03. The van der Waals surface area contributed by atoms with E-state index in [-0.39, 0.29) is 5.84 Å². The van der Waals surface area contributed by atoms with Gasteiger partial charge in [-0.2, -0.15) is 5.53 Å². The van der Waals surface area contributed by atoms with Crippen LogP contribution < -0.4 is 0 Å². The van der Waals surface area contributed by atoms with Crippen LogP contribution in [-0.2, 0) is 0 Å². The molecule has 13 heavy (non-hydrogen) atoms. The molecule has 0 aromatic heterocycles. The largest absolute Gasteiger partial charge is 0.283 e. The van der Waals surface area contributed by atoms with Gasteiger partial charge in [0, 0.05) is 12.6 Å². The summed E-state index contributed by atoms with van der Waals surface area (Å²) in [6.07, 6.45) is 0. The Morgan fingerprint density at radius 2 is 2.15 bits per heavy atom. The van der Waals surface area contributed by atoms with Crippen LogP contribution in [0.4, 0.5) is 0 Å². The van der Waals surface area contributed by atoms with Crippen molar-refractivity contribution in [3.63, 3.8) is 0 Å². The molecule has 0 amide bonds. The normalized spacial score (nSPS) is 9.38. The summed E-state index contributed by atoms with van der Waals surface area (Å²) in [4.78, 5) is 0. The highest BCUT2D eigenvalue weighted by atomic mass is 15.5. The maximum absolute atomic E-state index is 7.64. The SMILES string of the molecule is Cc1cccc(C(=N)N(C)N=N)c1. The summed E-state index contributed by atoms with van der Waals surface area (Å²) in [7, 11) is 1.58. The molecule has 0 saturated carbocycles. The number of hydrogen-bond acceptors (Lipinski definition) is 3. The molecule has 0 radical (unpaired) electrons. The van der Waals surface area contributed by atoms with Crippen LogP contribution >= 0.6 is 0 Å². The van der Waals surface area contributed by atoms with Gasteiger partial charge in [-0.25, -0.2) is 5.01 Å². The van der Waals surface area contributed by atoms with Gasteiger partial charge in [0.25, 0.3) is 0 Å². The van der Waals surface area contributed by atoms with Crippen molar-refractivity contribution in [3.05, 3.63) is 35.4 Å². The third-order valence-electron chi connectivity index (χ3n) is 1.77. The lowest BCUT2D eigenvalue weighted by atomic mass is 10.1. The molecule has 0 heterocycles. The van der Waals surface area contributed by atoms with Crippen molar-refractivity contribution >= 4 is 5.84 Å². The Morgan fingerprint density at radius 1 is 1.46 bits per heavy atom. The smallest absolute Gasteiger partial charge is 0.149 e. The average molecular weight is 176 g/mol. The summed E-state index contributed by atoms with van der Waals surface area (Å²) in [5.41, 5.74) is 8.63. The van der Waals surface area contributed by atoms with Gasteiger partial charge in [-0.05, 0) is 13.0 Å². The maximum atomic E-state index is 7.64. The Bertz CT molecular complexity index is 332. The minimum absolute atomic E-state index is 0.235. The van der Waals surface area contributed by atoms with E-state index in [9.17, 15) is 0 Å². The molecular formula is C9H12N4. The van der Waals surface area contributed by atoms with Gasteiger partial charge in [0.15, 0.2) is 0 Å². The van der Waals surface area contributed by atoms with Crippen LogP contribution in [-0.4, -0.2) is 17.9 Å². The highest BCUT2D eigenvalue weighted by molar-refractivity contribution is 5.95. The lowest BCUT2D eigenvalue weighted by Crippen LogP contribution is -2.20. The molecule has 68 valence electrons. The minimum Gasteiger partial charge on any atom is -0.283 e. The number of benzene rings is 1. The van der Waals surface area contributed by atoms with Crippen LogP contribution in [0.15, 0.2) is 29.5 Å². The van der Waals surface area contributed by atoms with Gasteiger partial charge >= 0.3 is 0 Å². The number of rotatable bonds is 2. The van der Waals surface area contributed by atoms with E-state index in [0.29, 0.717) is 0 Å². The summed E-state index contributed by atoms with van der Waals surface area (Å²) in [6.45, 7) is 1.97. The highest BCUT2D eigenvalue weighted by Crippen LogP contribution is 2.06. The van der Waals surface area contributed by atoms with E-state index in [0.717, 1.165) is 11.1 Å². The summed E-state index contributed by atoms with van der Waals surface area (Å²) in [6, 6.07) is 7.58. The molecule has 4 nitrogen and oxygen atoms in total. The first-order chi connectivity index (χ1) is 6.15. The third kappa shape index (κ3) is 2.11. The molecule has 1 rings (SSSR count). The quantitative estimate of drug-likeness (QED) is 0.308. The molecule has 4 heteroatoms. The highest BCUT2D eigenvalue weighted by Gasteiger charge is 2.05. The number of hydrogen-bond donors (Lipinski definition) is 2. The van der Waals surface area contributed by atoms with Crippen LogP contribution in [0, 0.1) is 17.9 Å². The predicted molar refractivity (Wildman–Crippen MR) is 50.9 cm³/mol. The molecule has 0 atom stereocenters. The second-order valence-electron chi connectivity index (χ2n) is 2.84. The van der Waals surface area contributed by atoms with Crippen molar-refractivity contribution in [2.45, 2.75) is 6.92 Å². The van der Waals surface area contributed by atoms with Gasteiger partial charge in [-0.1, -0.05) is 29.0 Å². The van der Waals surface area contributed by atoms with Gasteiger partial charge in [0.1, 0.15) is 5.84 Å². The zero-order valence-corrected chi connectivity index (χ0v) is 7.70. The Kier molecular flexibility index (Phi) is 2.74. The van der Waals surface area contributed by atoms with Crippen molar-refractivity contribution in [2.75, 3.05) is 7.05 Å².